The van der Waals surface area contributed by atoms with Crippen LogP contribution >= 0.6 is 0 Å². The third-order valence-corrected chi connectivity index (χ3v) is 4.30. The van der Waals surface area contributed by atoms with E-state index in [0.29, 0.717) is 19.5 Å². The van der Waals surface area contributed by atoms with Crippen LogP contribution in [-0.4, -0.2) is 63.2 Å². The van der Waals surface area contributed by atoms with Gasteiger partial charge in [0.2, 0.25) is 5.91 Å². The van der Waals surface area contributed by atoms with Crippen LogP contribution in [0.3, 0.4) is 0 Å². The zero-order chi connectivity index (χ0) is 21.1. The SMILES string of the molecule is CC(=O)O.CC(C)CN1C(=O)[C@H](CCCCN)C[C@H]1CC(C(=O)O)C(=O)O. The van der Waals surface area contributed by atoms with E-state index in [-0.39, 0.29) is 30.2 Å². The number of rotatable bonds is 10. The highest BCUT2D eigenvalue weighted by molar-refractivity contribution is 5.93. The van der Waals surface area contributed by atoms with E-state index < -0.39 is 23.8 Å². The Morgan fingerprint density at radius 2 is 1.67 bits per heavy atom. The van der Waals surface area contributed by atoms with Crippen molar-refractivity contribution in [2.45, 2.75) is 58.9 Å². The van der Waals surface area contributed by atoms with Gasteiger partial charge in [0.05, 0.1) is 0 Å². The second kappa shape index (κ2) is 12.3. The van der Waals surface area contributed by atoms with Gasteiger partial charge in [-0.05, 0) is 38.1 Å². The van der Waals surface area contributed by atoms with Gasteiger partial charge in [-0.25, -0.2) is 0 Å². The van der Waals surface area contributed by atoms with Gasteiger partial charge >= 0.3 is 11.9 Å². The van der Waals surface area contributed by atoms with E-state index >= 15 is 0 Å². The zero-order valence-corrected chi connectivity index (χ0v) is 16.3. The van der Waals surface area contributed by atoms with Crippen LogP contribution in [0, 0.1) is 17.8 Å². The molecule has 1 amide bonds. The minimum absolute atomic E-state index is 0.0234. The standard InChI is InChI=1S/C16H28N2O5.C2H4O2/c1-10(2)9-18-12(8-13(15(20)21)16(22)23)7-11(14(18)19)5-3-4-6-17;1-2(3)4/h10-13H,3-9,17H2,1-2H3,(H,20,21)(H,22,23);1H3,(H,3,4)/t11-,12+;/m1./s1. The van der Waals surface area contributed by atoms with Gasteiger partial charge in [-0.2, -0.15) is 0 Å². The zero-order valence-electron chi connectivity index (χ0n) is 16.3. The van der Waals surface area contributed by atoms with Crippen molar-refractivity contribution in [3.8, 4) is 0 Å². The fourth-order valence-corrected chi connectivity index (χ4v) is 3.18. The first-order valence-electron chi connectivity index (χ1n) is 9.16. The van der Waals surface area contributed by atoms with Gasteiger partial charge in [-0.3, -0.25) is 19.2 Å². The Bertz CT molecular complexity index is 504. The Labute approximate surface area is 159 Å². The molecule has 0 aliphatic carbocycles. The molecule has 5 N–H and O–H groups in total. The number of likely N-dealkylation sites (tertiary alicyclic amines) is 1. The number of nitrogens with two attached hydrogens (primary N) is 1. The summed E-state index contributed by atoms with van der Waals surface area (Å²) < 4.78 is 0. The number of unbranched alkanes of at least 4 members (excludes halogenated alkanes) is 1. The molecule has 0 aromatic heterocycles. The monoisotopic (exact) mass is 388 g/mol. The Balaban J connectivity index is 0.00000153. The molecule has 27 heavy (non-hydrogen) atoms. The number of amides is 1. The van der Waals surface area contributed by atoms with Crippen LogP contribution in [0.2, 0.25) is 0 Å². The van der Waals surface area contributed by atoms with Crippen molar-refractivity contribution in [3.05, 3.63) is 0 Å². The smallest absolute Gasteiger partial charge is 0.317 e. The van der Waals surface area contributed by atoms with Crippen LogP contribution in [0.25, 0.3) is 0 Å². The Kier molecular flexibility index (Phi) is 11.3. The number of carboxylic acid groups (broad SMARTS) is 3. The van der Waals surface area contributed by atoms with Crippen molar-refractivity contribution in [1.82, 2.24) is 4.90 Å². The van der Waals surface area contributed by atoms with Crippen molar-refractivity contribution >= 4 is 23.8 Å². The average Bonchev–Trinajstić information content (AvgIpc) is 2.80. The Morgan fingerprint density at radius 3 is 2.07 bits per heavy atom. The minimum Gasteiger partial charge on any atom is -0.481 e. The van der Waals surface area contributed by atoms with Crippen molar-refractivity contribution in [3.63, 3.8) is 0 Å². The molecule has 9 nitrogen and oxygen atoms in total. The summed E-state index contributed by atoms with van der Waals surface area (Å²) in [5.41, 5.74) is 5.48. The summed E-state index contributed by atoms with van der Waals surface area (Å²) in [4.78, 5) is 45.5. The fourth-order valence-electron chi connectivity index (χ4n) is 3.18. The first-order valence-corrected chi connectivity index (χ1v) is 9.16. The molecule has 156 valence electrons. The van der Waals surface area contributed by atoms with Crippen LogP contribution in [0.4, 0.5) is 0 Å². The summed E-state index contributed by atoms with van der Waals surface area (Å²) in [7, 11) is 0. The highest BCUT2D eigenvalue weighted by atomic mass is 16.4. The molecule has 2 atom stereocenters. The minimum atomic E-state index is -1.47. The summed E-state index contributed by atoms with van der Waals surface area (Å²) >= 11 is 0. The van der Waals surface area contributed by atoms with Crippen molar-refractivity contribution in [1.29, 1.82) is 0 Å². The molecule has 0 aromatic carbocycles. The number of aliphatic carboxylic acids is 3. The van der Waals surface area contributed by atoms with E-state index in [1.54, 1.807) is 4.90 Å². The lowest BCUT2D eigenvalue weighted by atomic mass is 9.93. The summed E-state index contributed by atoms with van der Waals surface area (Å²) in [6.07, 6.45) is 2.94. The van der Waals surface area contributed by atoms with E-state index in [4.69, 9.17) is 25.8 Å². The number of hydrogen-bond acceptors (Lipinski definition) is 5. The van der Waals surface area contributed by atoms with E-state index in [1.807, 2.05) is 13.8 Å². The highest BCUT2D eigenvalue weighted by Gasteiger charge is 2.42. The molecule has 1 fully saturated rings. The largest absolute Gasteiger partial charge is 0.481 e. The fraction of sp³-hybridized carbons (Fsp3) is 0.778. The van der Waals surface area contributed by atoms with Gasteiger partial charge in [-0.1, -0.05) is 20.3 Å². The van der Waals surface area contributed by atoms with Crippen LogP contribution in [-0.2, 0) is 19.2 Å². The van der Waals surface area contributed by atoms with Gasteiger partial charge in [0.15, 0.2) is 5.92 Å². The summed E-state index contributed by atoms with van der Waals surface area (Å²) in [6, 6.07) is -0.315. The maximum absolute atomic E-state index is 12.6. The van der Waals surface area contributed by atoms with Crippen molar-refractivity contribution in [2.24, 2.45) is 23.5 Å². The van der Waals surface area contributed by atoms with Crippen molar-refractivity contribution < 1.29 is 34.5 Å². The average molecular weight is 388 g/mol. The molecular formula is C18H32N2O7. The summed E-state index contributed by atoms with van der Waals surface area (Å²) in [6.45, 7) is 6.17. The van der Waals surface area contributed by atoms with E-state index in [9.17, 15) is 14.4 Å². The molecule has 1 saturated heterocycles. The topological polar surface area (TPSA) is 158 Å². The molecule has 9 heteroatoms. The molecule has 0 saturated carbocycles. The maximum atomic E-state index is 12.6. The first kappa shape index (κ1) is 24.8. The van der Waals surface area contributed by atoms with Crippen LogP contribution in [0.5, 0.6) is 0 Å². The predicted octanol–water partition coefficient (Wildman–Crippen LogP) is 1.25. The lowest BCUT2D eigenvalue weighted by molar-refractivity contribution is -0.156. The van der Waals surface area contributed by atoms with E-state index in [1.165, 1.54) is 0 Å². The van der Waals surface area contributed by atoms with Gasteiger partial charge < -0.3 is 26.0 Å². The van der Waals surface area contributed by atoms with Gasteiger partial charge in [0.1, 0.15) is 0 Å². The van der Waals surface area contributed by atoms with Crippen LogP contribution in [0.15, 0.2) is 0 Å². The lowest BCUT2D eigenvalue weighted by Crippen LogP contribution is -2.40. The predicted molar refractivity (Wildman–Crippen MR) is 98.0 cm³/mol. The number of nitrogens with zero attached hydrogens (tertiary/aromatic N) is 1. The second-order valence-corrected chi connectivity index (χ2v) is 7.24. The Morgan fingerprint density at radius 1 is 1.15 bits per heavy atom. The number of carbonyl (C=O) groups is 4. The maximum Gasteiger partial charge on any atom is 0.317 e. The van der Waals surface area contributed by atoms with Crippen LogP contribution < -0.4 is 5.73 Å². The Hall–Kier alpha value is -2.16. The van der Waals surface area contributed by atoms with Gasteiger partial charge in [0, 0.05) is 25.4 Å². The van der Waals surface area contributed by atoms with Crippen molar-refractivity contribution in [2.75, 3.05) is 13.1 Å². The summed E-state index contributed by atoms with van der Waals surface area (Å²) in [5, 5.41) is 25.6. The molecule has 0 bridgehead atoms. The molecule has 0 spiro atoms. The molecule has 1 aliphatic heterocycles. The molecule has 0 unspecified atom stereocenters. The number of carbonyl (C=O) groups excluding carboxylic acids is 1. The molecule has 0 aromatic rings. The second-order valence-electron chi connectivity index (χ2n) is 7.24. The van der Waals surface area contributed by atoms with Gasteiger partial charge in [0.25, 0.3) is 5.97 Å². The molecule has 1 aliphatic rings. The van der Waals surface area contributed by atoms with Gasteiger partial charge in [-0.15, -0.1) is 0 Å². The molecule has 1 heterocycles. The molecular weight excluding hydrogens is 356 g/mol. The lowest BCUT2D eigenvalue weighted by Gasteiger charge is -2.27. The normalized spacial score (nSPS) is 19.2. The number of carboxylic acids is 3. The summed E-state index contributed by atoms with van der Waals surface area (Å²) in [5.74, 6) is -4.87. The quantitative estimate of drug-likeness (QED) is 0.321. The van der Waals surface area contributed by atoms with Crippen LogP contribution in [0.1, 0.15) is 52.9 Å². The first-order chi connectivity index (χ1) is 12.5. The molecule has 1 rings (SSSR count). The van der Waals surface area contributed by atoms with E-state index in [0.717, 1.165) is 26.2 Å². The number of hydrogen-bond donors (Lipinski definition) is 4. The molecule has 0 radical (unpaired) electrons. The highest BCUT2D eigenvalue weighted by Crippen LogP contribution is 2.33. The third-order valence-electron chi connectivity index (χ3n) is 4.30. The van der Waals surface area contributed by atoms with E-state index in [2.05, 4.69) is 0 Å². The third kappa shape index (κ3) is 9.37.